The summed E-state index contributed by atoms with van der Waals surface area (Å²) in [5.41, 5.74) is 1.43. The molecule has 0 saturated carbocycles. The van der Waals surface area contributed by atoms with Crippen molar-refractivity contribution in [2.75, 3.05) is 5.32 Å². The molecule has 0 bridgehead atoms. The van der Waals surface area contributed by atoms with Crippen molar-refractivity contribution in [3.05, 3.63) is 30.2 Å². The number of aryl methyl sites for hydroxylation is 2. The minimum Gasteiger partial charge on any atom is -0.480 e. The van der Waals surface area contributed by atoms with E-state index in [-0.39, 0.29) is 0 Å². The third-order valence-corrected chi connectivity index (χ3v) is 2.09. The van der Waals surface area contributed by atoms with E-state index in [9.17, 15) is 4.79 Å². The molecule has 0 fully saturated rings. The van der Waals surface area contributed by atoms with Gasteiger partial charge in [-0.2, -0.15) is 0 Å². The summed E-state index contributed by atoms with van der Waals surface area (Å²) in [6, 6.07) is -0.715. The predicted octanol–water partition coefficient (Wildman–Crippen LogP) is 1.53. The molecule has 1 aromatic heterocycles. The van der Waals surface area contributed by atoms with Crippen LogP contribution in [0.25, 0.3) is 0 Å². The van der Waals surface area contributed by atoms with Crippen molar-refractivity contribution in [1.82, 2.24) is 9.97 Å². The van der Waals surface area contributed by atoms with Gasteiger partial charge in [0.25, 0.3) is 0 Å². The standard InChI is InChI=1S/C11H15N3O2/c1-4-5-9(11(15)16)14-10-8(3)12-6-7(2)13-10/h4,6,9H,1,5H2,2-3H3,(H,13,14)(H,15,16). The van der Waals surface area contributed by atoms with Crippen molar-refractivity contribution < 1.29 is 9.90 Å². The molecule has 5 heteroatoms. The Morgan fingerprint density at radius 2 is 2.38 bits per heavy atom. The van der Waals surface area contributed by atoms with E-state index in [0.29, 0.717) is 17.9 Å². The maximum absolute atomic E-state index is 10.9. The van der Waals surface area contributed by atoms with Crippen LogP contribution in [0.5, 0.6) is 0 Å². The van der Waals surface area contributed by atoms with Gasteiger partial charge in [-0.25, -0.2) is 9.78 Å². The first-order valence-electron chi connectivity index (χ1n) is 4.95. The molecule has 0 aliphatic rings. The molecule has 1 unspecified atom stereocenters. The molecule has 1 aromatic rings. The topological polar surface area (TPSA) is 75.1 Å². The van der Waals surface area contributed by atoms with E-state index in [0.717, 1.165) is 5.69 Å². The van der Waals surface area contributed by atoms with Gasteiger partial charge in [-0.15, -0.1) is 6.58 Å². The Bertz CT molecular complexity index is 404. The second-order valence-corrected chi connectivity index (χ2v) is 3.50. The minimum atomic E-state index is -0.928. The van der Waals surface area contributed by atoms with Crippen molar-refractivity contribution in [1.29, 1.82) is 0 Å². The van der Waals surface area contributed by atoms with Gasteiger partial charge in [0.05, 0.1) is 11.4 Å². The third-order valence-electron chi connectivity index (χ3n) is 2.09. The van der Waals surface area contributed by atoms with Gasteiger partial charge in [-0.1, -0.05) is 6.08 Å². The van der Waals surface area contributed by atoms with E-state index in [4.69, 9.17) is 5.11 Å². The Morgan fingerprint density at radius 3 is 2.94 bits per heavy atom. The molecule has 1 atom stereocenters. The van der Waals surface area contributed by atoms with E-state index >= 15 is 0 Å². The van der Waals surface area contributed by atoms with Gasteiger partial charge in [0.2, 0.25) is 0 Å². The number of anilines is 1. The maximum atomic E-state index is 10.9. The SMILES string of the molecule is C=CCC(Nc1nc(C)cnc1C)C(=O)O. The number of carboxylic acids is 1. The molecule has 0 aliphatic carbocycles. The minimum absolute atomic E-state index is 0.338. The number of aromatic nitrogens is 2. The van der Waals surface area contributed by atoms with Gasteiger partial charge in [-0.3, -0.25) is 4.98 Å². The largest absolute Gasteiger partial charge is 0.480 e. The average Bonchev–Trinajstić information content (AvgIpc) is 2.22. The summed E-state index contributed by atoms with van der Waals surface area (Å²) in [4.78, 5) is 19.2. The van der Waals surface area contributed by atoms with Gasteiger partial charge in [0, 0.05) is 6.20 Å². The molecule has 2 N–H and O–H groups in total. The lowest BCUT2D eigenvalue weighted by molar-refractivity contribution is -0.137. The molecule has 0 saturated heterocycles. The van der Waals surface area contributed by atoms with Crippen LogP contribution in [0.2, 0.25) is 0 Å². The van der Waals surface area contributed by atoms with E-state index < -0.39 is 12.0 Å². The molecule has 1 heterocycles. The number of nitrogens with one attached hydrogen (secondary N) is 1. The third kappa shape index (κ3) is 3.05. The lowest BCUT2D eigenvalue weighted by Crippen LogP contribution is -2.29. The predicted molar refractivity (Wildman–Crippen MR) is 61.4 cm³/mol. The van der Waals surface area contributed by atoms with Crippen molar-refractivity contribution in [3.8, 4) is 0 Å². The molecule has 0 aliphatic heterocycles. The first-order valence-corrected chi connectivity index (χ1v) is 4.95. The van der Waals surface area contributed by atoms with Crippen LogP contribution >= 0.6 is 0 Å². The molecular formula is C11H15N3O2. The fourth-order valence-corrected chi connectivity index (χ4v) is 1.23. The van der Waals surface area contributed by atoms with Crippen LogP contribution < -0.4 is 5.32 Å². The quantitative estimate of drug-likeness (QED) is 0.737. The fraction of sp³-hybridized carbons (Fsp3) is 0.364. The number of carbonyl (C=O) groups is 1. The van der Waals surface area contributed by atoms with Gasteiger partial charge >= 0.3 is 5.97 Å². The molecule has 0 amide bonds. The highest BCUT2D eigenvalue weighted by Gasteiger charge is 2.17. The second-order valence-electron chi connectivity index (χ2n) is 3.50. The van der Waals surface area contributed by atoms with Crippen LogP contribution in [0.15, 0.2) is 18.9 Å². The number of hydrogen-bond acceptors (Lipinski definition) is 4. The lowest BCUT2D eigenvalue weighted by Gasteiger charge is -2.14. The maximum Gasteiger partial charge on any atom is 0.326 e. The van der Waals surface area contributed by atoms with Crippen LogP contribution in [0.1, 0.15) is 17.8 Å². The number of aliphatic carboxylic acids is 1. The highest BCUT2D eigenvalue weighted by molar-refractivity contribution is 5.77. The van der Waals surface area contributed by atoms with Crippen LogP contribution in [-0.2, 0) is 4.79 Å². The number of hydrogen-bond donors (Lipinski definition) is 2. The average molecular weight is 221 g/mol. The molecule has 1 rings (SSSR count). The van der Waals surface area contributed by atoms with Gasteiger partial charge in [0.1, 0.15) is 11.9 Å². The van der Waals surface area contributed by atoms with Crippen molar-refractivity contribution in [2.45, 2.75) is 26.3 Å². The zero-order chi connectivity index (χ0) is 12.1. The van der Waals surface area contributed by atoms with Crippen LogP contribution in [0.4, 0.5) is 5.82 Å². The Morgan fingerprint density at radius 1 is 1.69 bits per heavy atom. The van der Waals surface area contributed by atoms with Crippen molar-refractivity contribution in [2.24, 2.45) is 0 Å². The summed E-state index contributed by atoms with van der Waals surface area (Å²) >= 11 is 0. The summed E-state index contributed by atoms with van der Waals surface area (Å²) in [5.74, 6) is -0.420. The first-order chi connectivity index (χ1) is 7.54. The molecule has 86 valence electrons. The molecule has 0 spiro atoms. The van der Waals surface area contributed by atoms with E-state index in [2.05, 4.69) is 21.9 Å². The molecule has 16 heavy (non-hydrogen) atoms. The van der Waals surface area contributed by atoms with E-state index in [1.807, 2.05) is 0 Å². The normalized spacial score (nSPS) is 11.9. The monoisotopic (exact) mass is 221 g/mol. The molecule has 0 radical (unpaired) electrons. The lowest BCUT2D eigenvalue weighted by atomic mass is 10.2. The van der Waals surface area contributed by atoms with Crippen molar-refractivity contribution >= 4 is 11.8 Å². The molecule has 0 aromatic carbocycles. The Kier molecular flexibility index (Phi) is 3.99. The van der Waals surface area contributed by atoms with Gasteiger partial charge < -0.3 is 10.4 Å². The van der Waals surface area contributed by atoms with Gasteiger partial charge in [0.15, 0.2) is 0 Å². The summed E-state index contributed by atoms with van der Waals surface area (Å²) in [5, 5.41) is 11.8. The zero-order valence-electron chi connectivity index (χ0n) is 9.40. The Balaban J connectivity index is 2.88. The van der Waals surface area contributed by atoms with E-state index in [1.165, 1.54) is 0 Å². The highest BCUT2D eigenvalue weighted by atomic mass is 16.4. The number of nitrogens with zero attached hydrogens (tertiary/aromatic N) is 2. The summed E-state index contributed by atoms with van der Waals surface area (Å²) < 4.78 is 0. The zero-order valence-corrected chi connectivity index (χ0v) is 9.40. The highest BCUT2D eigenvalue weighted by Crippen LogP contribution is 2.11. The van der Waals surface area contributed by atoms with Crippen molar-refractivity contribution in [3.63, 3.8) is 0 Å². The van der Waals surface area contributed by atoms with Crippen LogP contribution in [-0.4, -0.2) is 27.1 Å². The first kappa shape index (κ1) is 12.2. The smallest absolute Gasteiger partial charge is 0.326 e. The van der Waals surface area contributed by atoms with Crippen LogP contribution in [0, 0.1) is 13.8 Å². The fourth-order valence-electron chi connectivity index (χ4n) is 1.23. The van der Waals surface area contributed by atoms with E-state index in [1.54, 1.807) is 26.1 Å². The Hall–Kier alpha value is -1.91. The summed E-state index contributed by atoms with van der Waals surface area (Å²) in [7, 11) is 0. The number of carboxylic acid groups (broad SMARTS) is 1. The second kappa shape index (κ2) is 5.25. The Labute approximate surface area is 94.2 Å². The summed E-state index contributed by atoms with van der Waals surface area (Å²) in [6.07, 6.45) is 3.54. The molecular weight excluding hydrogens is 206 g/mol. The summed E-state index contributed by atoms with van der Waals surface area (Å²) in [6.45, 7) is 7.11. The number of rotatable bonds is 5. The van der Waals surface area contributed by atoms with Crippen LogP contribution in [0.3, 0.4) is 0 Å². The van der Waals surface area contributed by atoms with Gasteiger partial charge in [-0.05, 0) is 20.3 Å². The molecule has 5 nitrogen and oxygen atoms in total.